The van der Waals surface area contributed by atoms with E-state index in [0.29, 0.717) is 12.8 Å². The molecule has 1 saturated heterocycles. The molecule has 6 N–H and O–H groups in total. The summed E-state index contributed by atoms with van der Waals surface area (Å²) in [5.74, 6) is -4.75. The Bertz CT molecular complexity index is 1320. The van der Waals surface area contributed by atoms with Gasteiger partial charge in [-0.15, -0.1) is 0 Å². The Morgan fingerprint density at radius 3 is 2.12 bits per heavy atom. The topological polar surface area (TPSA) is 209 Å². The van der Waals surface area contributed by atoms with Crippen LogP contribution in [-0.2, 0) is 33.4 Å². The van der Waals surface area contributed by atoms with Crippen LogP contribution in [0.3, 0.4) is 0 Å². The third-order valence-electron chi connectivity index (χ3n) is 12.0. The molecule has 11 atom stereocenters. The van der Waals surface area contributed by atoms with E-state index < -0.39 is 101 Å². The average Bonchev–Trinajstić information content (AvgIpc) is 2.98. The quantitative estimate of drug-likeness (QED) is 0.156. The molecular weight excluding hydrogens is 1060 g/mol. The van der Waals surface area contributed by atoms with Gasteiger partial charge in [0, 0.05) is 126 Å². The standard InChI is InChI=1S/C33H49NO12.2Ac/c1-15-19(46-29(41)25(39)23(34-16(2)35)18-10-8-7-9-11-18)13-33(43)28(45-17(3)36)26-31(6,20(37)12-21-32(26,42)14-44-21)27(40)24(38)22(15)30(33,4)5;;/h18-21,23-26,28,37-39,42-43H,7-14H2,1-6H3,(H,34,35);;/t19-,20-,21+,23-,24+,25+,26-,28-,31+,32-,33+;;/m0../s1. The molecule has 4 fully saturated rings. The van der Waals surface area contributed by atoms with E-state index in [1.165, 1.54) is 13.8 Å². The van der Waals surface area contributed by atoms with E-state index in [1.807, 2.05) is 0 Å². The second kappa shape index (κ2) is 15.4. The molecule has 2 bridgehead atoms. The first-order valence-corrected chi connectivity index (χ1v) is 16.3. The van der Waals surface area contributed by atoms with Crippen LogP contribution < -0.4 is 5.32 Å². The molecule has 264 valence electrons. The minimum absolute atomic E-state index is 0. The molecule has 0 aromatic carbocycles. The smallest absolute Gasteiger partial charge is 0.337 e. The number of hydrogen-bond acceptors (Lipinski definition) is 12. The molecule has 5 rings (SSSR count). The molecular formula is C33H49Ac2NO12. The Hall–Kier alpha value is 0.463. The summed E-state index contributed by atoms with van der Waals surface area (Å²) in [5, 5.41) is 61.9. The van der Waals surface area contributed by atoms with Crippen molar-refractivity contribution in [3.63, 3.8) is 0 Å². The summed E-state index contributed by atoms with van der Waals surface area (Å²) >= 11 is 0. The number of hydrogen-bond donors (Lipinski definition) is 6. The molecule has 0 spiro atoms. The van der Waals surface area contributed by atoms with Crippen LogP contribution in [0, 0.1) is 111 Å². The van der Waals surface area contributed by atoms with Gasteiger partial charge in [0.25, 0.3) is 0 Å². The second-order valence-electron chi connectivity index (χ2n) is 14.9. The summed E-state index contributed by atoms with van der Waals surface area (Å²) < 4.78 is 17.2. The number of esters is 2. The molecule has 0 aromatic heterocycles. The molecule has 0 aromatic rings. The van der Waals surface area contributed by atoms with Crippen molar-refractivity contribution in [2.45, 2.75) is 140 Å². The number of Topliss-reactive ketones (excluding diaryl/α,β-unsaturated/α-hetero) is 1. The number of carbonyl (C=O) groups is 4. The van der Waals surface area contributed by atoms with E-state index >= 15 is 0 Å². The normalized spacial score (nSPS) is 40.1. The number of aliphatic hydroxyl groups excluding tert-OH is 3. The van der Waals surface area contributed by atoms with Crippen LogP contribution in [0.2, 0.25) is 0 Å². The SMILES string of the molecule is CC(=O)N[C@@H](C1CCCCC1)[C@@H](O)C(=O)O[C@H]1C[C@@]2(O)[C@@H](OC(C)=O)[C@@H]3[C@]4(O)CO[C@@H]4C[C@H](O)[C@@]3(C)C(=O)[C@H](O)C(=C1C)C2(C)C.[Ac].[Ac]. The monoisotopic (exact) mass is 1110 g/mol. The number of nitrogens with one attached hydrogen (secondary N) is 1. The Labute approximate surface area is 352 Å². The molecule has 2 radical (unpaired) electrons. The molecule has 0 unspecified atom stereocenters. The van der Waals surface area contributed by atoms with Crippen LogP contribution in [0.4, 0.5) is 0 Å². The first kappa shape index (κ1) is 42.9. The van der Waals surface area contributed by atoms with Crippen molar-refractivity contribution in [1.82, 2.24) is 5.32 Å². The van der Waals surface area contributed by atoms with Crippen LogP contribution in [0.5, 0.6) is 0 Å². The van der Waals surface area contributed by atoms with Crippen molar-refractivity contribution in [1.29, 1.82) is 0 Å². The summed E-state index contributed by atoms with van der Waals surface area (Å²) in [6, 6.07) is -0.915. The van der Waals surface area contributed by atoms with Crippen molar-refractivity contribution in [2.75, 3.05) is 6.61 Å². The fourth-order valence-corrected chi connectivity index (χ4v) is 9.34. The fraction of sp³-hybridized carbons (Fsp3) is 0.818. The van der Waals surface area contributed by atoms with E-state index in [2.05, 4.69) is 5.32 Å². The first-order valence-electron chi connectivity index (χ1n) is 16.3. The Kier molecular flexibility index (Phi) is 13.8. The number of rotatable bonds is 6. The first-order chi connectivity index (χ1) is 21.3. The summed E-state index contributed by atoms with van der Waals surface area (Å²) in [7, 11) is 0. The molecule has 3 saturated carbocycles. The van der Waals surface area contributed by atoms with Crippen molar-refractivity contribution < 1.29 is 147 Å². The van der Waals surface area contributed by atoms with Gasteiger partial charge in [-0.05, 0) is 43.8 Å². The van der Waals surface area contributed by atoms with Gasteiger partial charge in [-0.25, -0.2) is 4.79 Å². The predicted octanol–water partition coefficient (Wildman–Crippen LogP) is 0.214. The second-order valence-corrected chi connectivity index (χ2v) is 14.9. The maximum atomic E-state index is 14.4. The van der Waals surface area contributed by atoms with Gasteiger partial charge in [-0.1, -0.05) is 33.1 Å². The zero-order valence-electron chi connectivity index (χ0n) is 28.6. The number of fused-ring (bicyclic) bond motifs is 5. The minimum Gasteiger partial charge on any atom is -0.459 e. The number of ketones is 1. The third-order valence-corrected chi connectivity index (χ3v) is 12.0. The van der Waals surface area contributed by atoms with Gasteiger partial charge >= 0.3 is 11.9 Å². The van der Waals surface area contributed by atoms with Gasteiger partial charge in [0.1, 0.15) is 29.5 Å². The Morgan fingerprint density at radius 1 is 1.00 bits per heavy atom. The molecule has 1 aliphatic heterocycles. The van der Waals surface area contributed by atoms with Gasteiger partial charge in [-0.3, -0.25) is 14.4 Å². The van der Waals surface area contributed by atoms with Crippen molar-refractivity contribution in [3.8, 4) is 0 Å². The molecule has 4 aliphatic carbocycles. The Balaban J connectivity index is 0.00000312. The van der Waals surface area contributed by atoms with E-state index in [-0.39, 0.29) is 118 Å². The molecule has 48 heavy (non-hydrogen) atoms. The Morgan fingerprint density at radius 2 is 1.60 bits per heavy atom. The van der Waals surface area contributed by atoms with E-state index in [1.54, 1.807) is 20.8 Å². The van der Waals surface area contributed by atoms with Gasteiger partial charge in [0.15, 0.2) is 11.9 Å². The number of amides is 1. The summed E-state index contributed by atoms with van der Waals surface area (Å²) in [6.45, 7) is 8.24. The zero-order valence-corrected chi connectivity index (χ0v) is 38.1. The van der Waals surface area contributed by atoms with E-state index in [9.17, 15) is 44.7 Å². The minimum atomic E-state index is -2.18. The van der Waals surface area contributed by atoms with E-state index in [4.69, 9.17) is 14.2 Å². The van der Waals surface area contributed by atoms with Crippen LogP contribution in [-0.4, -0.2) is 110 Å². The third kappa shape index (κ3) is 6.84. The van der Waals surface area contributed by atoms with Crippen molar-refractivity contribution in [2.24, 2.45) is 22.7 Å². The zero-order chi connectivity index (χ0) is 34.1. The maximum absolute atomic E-state index is 14.4. The summed E-state index contributed by atoms with van der Waals surface area (Å²) in [6.07, 6.45) is -5.27. The molecule has 15 heteroatoms. The number of aliphatic hydroxyl groups is 5. The predicted molar refractivity (Wildman–Crippen MR) is 160 cm³/mol. The largest absolute Gasteiger partial charge is 0.459 e. The van der Waals surface area contributed by atoms with Crippen LogP contribution in [0.25, 0.3) is 0 Å². The van der Waals surface area contributed by atoms with Gasteiger partial charge in [0.2, 0.25) is 5.91 Å². The van der Waals surface area contributed by atoms with Crippen LogP contribution in [0.1, 0.15) is 86.5 Å². The molecule has 5 aliphatic rings. The maximum Gasteiger partial charge on any atom is 0.337 e. The van der Waals surface area contributed by atoms with Crippen molar-refractivity contribution >= 4 is 23.6 Å². The van der Waals surface area contributed by atoms with E-state index in [0.717, 1.165) is 26.2 Å². The fourth-order valence-electron chi connectivity index (χ4n) is 9.34. The van der Waals surface area contributed by atoms with Gasteiger partial charge < -0.3 is 45.1 Å². The number of ether oxygens (including phenoxy) is 3. The van der Waals surface area contributed by atoms with Crippen molar-refractivity contribution in [3.05, 3.63) is 11.1 Å². The summed E-state index contributed by atoms with van der Waals surface area (Å²) in [5.41, 5.74) is -7.08. The van der Waals surface area contributed by atoms with Gasteiger partial charge in [-0.2, -0.15) is 0 Å². The molecule has 1 amide bonds. The average molecular weight is 1110 g/mol. The molecule has 1 heterocycles. The summed E-state index contributed by atoms with van der Waals surface area (Å²) in [4.78, 5) is 52.7. The number of carbonyl (C=O) groups excluding carboxylic acids is 4. The van der Waals surface area contributed by atoms with Crippen LogP contribution in [0.15, 0.2) is 11.1 Å². The van der Waals surface area contributed by atoms with Gasteiger partial charge in [0.05, 0.1) is 30.3 Å². The molecule has 13 nitrogen and oxygen atoms in total. The van der Waals surface area contributed by atoms with Crippen LogP contribution >= 0.6 is 0 Å².